The van der Waals surface area contributed by atoms with E-state index < -0.39 is 35.0 Å². The van der Waals surface area contributed by atoms with Crippen LogP contribution in [0.1, 0.15) is 25.3 Å². The number of nitrogens with zero attached hydrogens (tertiary/aromatic N) is 3. The Balaban J connectivity index is 2.29. The number of nitriles is 2. The van der Waals surface area contributed by atoms with Gasteiger partial charge in [-0.15, -0.1) is 0 Å². The molecule has 0 saturated carbocycles. The van der Waals surface area contributed by atoms with Crippen LogP contribution in [-0.2, 0) is 10.3 Å². The summed E-state index contributed by atoms with van der Waals surface area (Å²) in [6.07, 6.45) is 0.312. The molecule has 0 aromatic heterocycles. The van der Waals surface area contributed by atoms with Gasteiger partial charge in [0.15, 0.2) is 0 Å². The quantitative estimate of drug-likeness (QED) is 0.836. The first-order valence-electron chi connectivity index (χ1n) is 7.19. The van der Waals surface area contributed by atoms with Crippen LogP contribution in [0.25, 0.3) is 0 Å². The van der Waals surface area contributed by atoms with Crippen molar-refractivity contribution in [3.63, 3.8) is 0 Å². The van der Waals surface area contributed by atoms with E-state index in [1.807, 2.05) is 12.1 Å². The lowest BCUT2D eigenvalue weighted by atomic mass is 9.91. The first-order chi connectivity index (χ1) is 11.3. The summed E-state index contributed by atoms with van der Waals surface area (Å²) in [5.74, 6) is -3.04. The van der Waals surface area contributed by atoms with E-state index in [1.54, 1.807) is 0 Å². The normalized spacial score (nSPS) is 21.1. The highest BCUT2D eigenvalue weighted by Gasteiger charge is 2.50. The number of hydrogen-bond donors (Lipinski definition) is 1. The highest BCUT2D eigenvalue weighted by molar-refractivity contribution is 6.07. The molecule has 0 aliphatic carbocycles. The third-order valence-corrected chi connectivity index (χ3v) is 3.93. The minimum atomic E-state index is -1.75. The monoisotopic (exact) mass is 332 g/mol. The van der Waals surface area contributed by atoms with Gasteiger partial charge in [0.25, 0.3) is 5.91 Å². The van der Waals surface area contributed by atoms with Crippen LogP contribution < -0.4 is 5.32 Å². The fourth-order valence-corrected chi connectivity index (χ4v) is 2.58. The third-order valence-electron chi connectivity index (χ3n) is 3.93. The number of amides is 3. The van der Waals surface area contributed by atoms with Crippen molar-refractivity contribution < 1.29 is 18.4 Å². The van der Waals surface area contributed by atoms with Crippen LogP contribution in [0.3, 0.4) is 0 Å². The number of nitrogens with one attached hydrogen (secondary N) is 1. The number of urea groups is 1. The van der Waals surface area contributed by atoms with Crippen molar-refractivity contribution in [2.45, 2.75) is 25.3 Å². The lowest BCUT2D eigenvalue weighted by Gasteiger charge is -2.23. The minimum Gasteiger partial charge on any atom is -0.319 e. The predicted molar refractivity (Wildman–Crippen MR) is 77.9 cm³/mol. The number of imide groups is 1. The van der Waals surface area contributed by atoms with Gasteiger partial charge in [-0.1, -0.05) is 0 Å². The molecule has 1 aliphatic heterocycles. The van der Waals surface area contributed by atoms with Crippen molar-refractivity contribution >= 4 is 11.9 Å². The largest absolute Gasteiger partial charge is 0.325 e. The molecule has 1 aliphatic rings. The molecule has 124 valence electrons. The number of carbonyl (C=O) groups excluding carboxylic acids is 2. The Labute approximate surface area is 137 Å². The van der Waals surface area contributed by atoms with Crippen LogP contribution in [0.5, 0.6) is 0 Å². The van der Waals surface area contributed by atoms with E-state index in [1.165, 1.54) is 6.92 Å². The van der Waals surface area contributed by atoms with Crippen LogP contribution in [-0.4, -0.2) is 23.4 Å². The van der Waals surface area contributed by atoms with Crippen LogP contribution in [0.15, 0.2) is 18.2 Å². The first kappa shape index (κ1) is 17.4. The van der Waals surface area contributed by atoms with Gasteiger partial charge in [0, 0.05) is 18.5 Å². The lowest BCUT2D eigenvalue weighted by Crippen LogP contribution is -2.42. The van der Waals surface area contributed by atoms with Gasteiger partial charge in [-0.3, -0.25) is 9.69 Å². The molecule has 1 N–H and O–H groups in total. The van der Waals surface area contributed by atoms with Crippen molar-refractivity contribution in [2.75, 3.05) is 6.54 Å². The number of hydrogen-bond acceptors (Lipinski definition) is 4. The summed E-state index contributed by atoms with van der Waals surface area (Å²) in [5.41, 5.74) is -2.03. The van der Waals surface area contributed by atoms with E-state index in [2.05, 4.69) is 5.32 Å². The summed E-state index contributed by atoms with van der Waals surface area (Å²) in [7, 11) is 0. The molecule has 0 radical (unpaired) electrons. The molecule has 1 aromatic carbocycles. The molecular formula is C16H14F2N4O2. The maximum absolute atomic E-state index is 14.0. The minimum absolute atomic E-state index is 0.109. The number of carbonyl (C=O) groups is 2. The van der Waals surface area contributed by atoms with Crippen molar-refractivity contribution in [2.24, 2.45) is 5.92 Å². The molecular weight excluding hydrogens is 318 g/mol. The summed E-state index contributed by atoms with van der Waals surface area (Å²) in [4.78, 5) is 25.5. The summed E-state index contributed by atoms with van der Waals surface area (Å²) < 4.78 is 27.4. The molecule has 6 nitrogen and oxygen atoms in total. The highest BCUT2D eigenvalue weighted by Crippen LogP contribution is 2.31. The SMILES string of the molecule is C[C@@]1(c2cc(F)ccc2F)NC(=O)N(C[C@@H](C#N)CCC#N)C1=O. The smallest absolute Gasteiger partial charge is 0.319 e. The maximum Gasteiger partial charge on any atom is 0.325 e. The third kappa shape index (κ3) is 3.04. The molecule has 0 unspecified atom stereocenters. The van der Waals surface area contributed by atoms with Gasteiger partial charge < -0.3 is 5.32 Å². The van der Waals surface area contributed by atoms with Gasteiger partial charge in [-0.05, 0) is 31.5 Å². The van der Waals surface area contributed by atoms with Crippen molar-refractivity contribution in [3.05, 3.63) is 35.4 Å². The average Bonchev–Trinajstić information content (AvgIpc) is 2.77. The molecule has 2 atom stereocenters. The topological polar surface area (TPSA) is 97.0 Å². The lowest BCUT2D eigenvalue weighted by molar-refractivity contribution is -0.131. The van der Waals surface area contributed by atoms with Crippen LogP contribution in [0, 0.1) is 40.2 Å². The van der Waals surface area contributed by atoms with E-state index in [-0.39, 0.29) is 24.9 Å². The zero-order valence-corrected chi connectivity index (χ0v) is 12.8. The van der Waals surface area contributed by atoms with E-state index in [4.69, 9.17) is 10.5 Å². The average molecular weight is 332 g/mol. The molecule has 0 spiro atoms. The molecule has 1 fully saturated rings. The molecule has 24 heavy (non-hydrogen) atoms. The second-order valence-corrected chi connectivity index (χ2v) is 5.62. The molecule has 1 saturated heterocycles. The number of rotatable bonds is 5. The predicted octanol–water partition coefficient (Wildman–Crippen LogP) is 2.18. The fourth-order valence-electron chi connectivity index (χ4n) is 2.58. The molecule has 1 heterocycles. The number of halogens is 2. The standard InChI is InChI=1S/C16H14F2N4O2/c1-16(12-7-11(17)4-5-13(12)18)14(23)22(15(24)21-16)9-10(8-20)3-2-6-19/h4-5,7,10H,2-3,9H2,1H3,(H,21,24)/t10-,16+/m1/s1. The molecule has 1 aromatic rings. The Bertz CT molecular complexity index is 768. The summed E-state index contributed by atoms with van der Waals surface area (Å²) in [6, 6.07) is 5.68. The van der Waals surface area contributed by atoms with Crippen molar-refractivity contribution in [1.29, 1.82) is 10.5 Å². The van der Waals surface area contributed by atoms with Gasteiger partial charge in [0.2, 0.25) is 0 Å². The van der Waals surface area contributed by atoms with Gasteiger partial charge in [0.1, 0.15) is 17.2 Å². The van der Waals surface area contributed by atoms with Crippen molar-refractivity contribution in [3.8, 4) is 12.1 Å². The summed E-state index contributed by atoms with van der Waals surface area (Å²) in [5, 5.41) is 20.0. The zero-order valence-electron chi connectivity index (χ0n) is 12.8. The Kier molecular flexibility index (Phi) is 4.79. The van der Waals surface area contributed by atoms with Gasteiger partial charge in [0.05, 0.1) is 18.1 Å². The maximum atomic E-state index is 14.0. The van der Waals surface area contributed by atoms with Crippen LogP contribution >= 0.6 is 0 Å². The van der Waals surface area contributed by atoms with Crippen LogP contribution in [0.4, 0.5) is 13.6 Å². The van der Waals surface area contributed by atoms with Gasteiger partial charge >= 0.3 is 6.03 Å². The number of benzene rings is 1. The first-order valence-corrected chi connectivity index (χ1v) is 7.19. The highest BCUT2D eigenvalue weighted by atomic mass is 19.1. The molecule has 3 amide bonds. The van der Waals surface area contributed by atoms with Crippen LogP contribution in [0.2, 0.25) is 0 Å². The molecule has 2 rings (SSSR count). The summed E-state index contributed by atoms with van der Waals surface area (Å²) in [6.45, 7) is 1.07. The van der Waals surface area contributed by atoms with Gasteiger partial charge in [-0.2, -0.15) is 10.5 Å². The Morgan fingerprint density at radius 2 is 2.04 bits per heavy atom. The Hall–Kier alpha value is -3.00. The van der Waals surface area contributed by atoms with E-state index >= 15 is 0 Å². The fraction of sp³-hybridized carbons (Fsp3) is 0.375. The Morgan fingerprint density at radius 1 is 1.33 bits per heavy atom. The van der Waals surface area contributed by atoms with E-state index in [9.17, 15) is 18.4 Å². The summed E-state index contributed by atoms with van der Waals surface area (Å²) >= 11 is 0. The Morgan fingerprint density at radius 3 is 2.67 bits per heavy atom. The molecule has 0 bridgehead atoms. The second kappa shape index (κ2) is 6.63. The van der Waals surface area contributed by atoms with E-state index in [0.717, 1.165) is 23.1 Å². The second-order valence-electron chi connectivity index (χ2n) is 5.62. The molecule has 8 heteroatoms. The van der Waals surface area contributed by atoms with E-state index in [0.29, 0.717) is 0 Å². The van der Waals surface area contributed by atoms with Gasteiger partial charge in [-0.25, -0.2) is 13.6 Å². The van der Waals surface area contributed by atoms with Crippen molar-refractivity contribution in [1.82, 2.24) is 10.2 Å². The zero-order chi connectivity index (χ0) is 17.9.